The molecular weight excluding hydrogens is 411 g/mol. The first-order valence-electron chi connectivity index (χ1n) is 9.93. The number of nitrogens with one attached hydrogen (secondary N) is 1. The third kappa shape index (κ3) is 4.55. The average molecular weight is 435 g/mol. The molecule has 1 aliphatic carbocycles. The van der Waals surface area contributed by atoms with Gasteiger partial charge in [-0.2, -0.15) is 18.3 Å². The fourth-order valence-electron chi connectivity index (χ4n) is 4.32. The summed E-state index contributed by atoms with van der Waals surface area (Å²) in [7, 11) is 1.25. The van der Waals surface area contributed by atoms with Gasteiger partial charge < -0.3 is 5.32 Å². The molecule has 1 saturated carbocycles. The number of ketones is 2. The van der Waals surface area contributed by atoms with Crippen molar-refractivity contribution < 1.29 is 27.6 Å². The Morgan fingerprint density at radius 2 is 1.77 bits per heavy atom. The minimum absolute atomic E-state index is 0.0631. The van der Waals surface area contributed by atoms with Crippen molar-refractivity contribution in [3.8, 4) is 0 Å². The molecule has 0 aliphatic heterocycles. The second-order valence-electron chi connectivity index (χ2n) is 8.10. The topological polar surface area (TPSA) is 81.1 Å². The fourth-order valence-corrected chi connectivity index (χ4v) is 4.32. The normalized spacial score (nSPS) is 19.2. The van der Waals surface area contributed by atoms with Crippen molar-refractivity contribution >= 4 is 17.5 Å². The van der Waals surface area contributed by atoms with Crippen LogP contribution in [0.4, 0.5) is 13.2 Å². The summed E-state index contributed by atoms with van der Waals surface area (Å²) in [6.07, 6.45) is -4.31. The summed E-state index contributed by atoms with van der Waals surface area (Å²) >= 11 is 0. The SMILES string of the molecule is Cc1cc(C)c(C2C(=O)CC(CCNC(=O)c3cc(C(F)(F)F)nn3C)C2=O)c(C)c1. The second kappa shape index (κ2) is 8.28. The molecule has 1 aromatic heterocycles. The number of carbonyl (C=O) groups is 3. The first-order chi connectivity index (χ1) is 14.4. The molecule has 3 rings (SSSR count). The van der Waals surface area contributed by atoms with Crippen LogP contribution in [0.2, 0.25) is 0 Å². The van der Waals surface area contributed by atoms with Gasteiger partial charge >= 0.3 is 6.18 Å². The van der Waals surface area contributed by atoms with Gasteiger partial charge in [0.25, 0.3) is 5.91 Å². The number of rotatable bonds is 5. The Hall–Kier alpha value is -2.97. The Labute approximate surface area is 177 Å². The number of amides is 1. The largest absolute Gasteiger partial charge is 0.435 e. The maximum absolute atomic E-state index is 12.9. The second-order valence-corrected chi connectivity index (χ2v) is 8.10. The Morgan fingerprint density at radius 3 is 2.32 bits per heavy atom. The zero-order valence-corrected chi connectivity index (χ0v) is 17.8. The van der Waals surface area contributed by atoms with Crippen molar-refractivity contribution in [1.82, 2.24) is 15.1 Å². The lowest BCUT2D eigenvalue weighted by molar-refractivity contribution is -0.141. The van der Waals surface area contributed by atoms with Gasteiger partial charge in [0.05, 0.1) is 0 Å². The van der Waals surface area contributed by atoms with Gasteiger partial charge in [0.1, 0.15) is 17.4 Å². The van der Waals surface area contributed by atoms with E-state index in [2.05, 4.69) is 10.4 Å². The van der Waals surface area contributed by atoms with Crippen LogP contribution in [-0.2, 0) is 22.8 Å². The number of halogens is 3. The summed E-state index contributed by atoms with van der Waals surface area (Å²) < 4.78 is 39.1. The lowest BCUT2D eigenvalue weighted by Crippen LogP contribution is -2.28. The molecule has 166 valence electrons. The van der Waals surface area contributed by atoms with E-state index in [0.29, 0.717) is 6.07 Å². The van der Waals surface area contributed by atoms with E-state index in [-0.39, 0.29) is 36.6 Å². The number of benzene rings is 1. The molecule has 1 aromatic carbocycles. The van der Waals surface area contributed by atoms with E-state index in [1.165, 1.54) is 7.05 Å². The van der Waals surface area contributed by atoms with Gasteiger partial charge in [-0.15, -0.1) is 0 Å². The van der Waals surface area contributed by atoms with Crippen molar-refractivity contribution in [3.05, 3.63) is 51.8 Å². The van der Waals surface area contributed by atoms with E-state index >= 15 is 0 Å². The van der Waals surface area contributed by atoms with Crippen molar-refractivity contribution in [2.75, 3.05) is 6.54 Å². The first-order valence-corrected chi connectivity index (χ1v) is 9.93. The molecule has 9 heteroatoms. The molecule has 1 fully saturated rings. The minimum atomic E-state index is -4.64. The minimum Gasteiger partial charge on any atom is -0.351 e. The molecule has 0 bridgehead atoms. The van der Waals surface area contributed by atoms with Crippen LogP contribution in [-0.4, -0.2) is 33.8 Å². The molecule has 2 unspecified atom stereocenters. The van der Waals surface area contributed by atoms with Crippen molar-refractivity contribution in [3.63, 3.8) is 0 Å². The van der Waals surface area contributed by atoms with Crippen LogP contribution in [0.3, 0.4) is 0 Å². The van der Waals surface area contributed by atoms with Gasteiger partial charge in [-0.25, -0.2) is 0 Å². The van der Waals surface area contributed by atoms with Crippen LogP contribution in [0.15, 0.2) is 18.2 Å². The standard InChI is InChI=1S/C22H24F3N3O3/c1-11-7-12(2)18(13(3)8-11)19-16(29)9-14(20(19)30)5-6-26-21(31)15-10-17(22(23,24)25)27-28(15)4/h7-8,10,14,19H,5-6,9H2,1-4H3,(H,26,31). The maximum Gasteiger partial charge on any atom is 0.435 e. The van der Waals surface area contributed by atoms with E-state index in [4.69, 9.17) is 0 Å². The summed E-state index contributed by atoms with van der Waals surface area (Å²) in [5, 5.41) is 5.83. The van der Waals surface area contributed by atoms with E-state index in [9.17, 15) is 27.6 Å². The Balaban J connectivity index is 1.65. The van der Waals surface area contributed by atoms with Crippen LogP contribution >= 0.6 is 0 Å². The quantitative estimate of drug-likeness (QED) is 0.730. The fraction of sp³-hybridized carbons (Fsp3) is 0.455. The van der Waals surface area contributed by atoms with E-state index in [1.54, 1.807) is 0 Å². The van der Waals surface area contributed by atoms with Gasteiger partial charge in [0, 0.05) is 32.0 Å². The highest BCUT2D eigenvalue weighted by atomic mass is 19.4. The molecule has 1 heterocycles. The van der Waals surface area contributed by atoms with Crippen molar-refractivity contribution in [1.29, 1.82) is 0 Å². The van der Waals surface area contributed by atoms with Gasteiger partial charge in [0.15, 0.2) is 11.5 Å². The Morgan fingerprint density at radius 1 is 1.16 bits per heavy atom. The van der Waals surface area contributed by atoms with E-state index < -0.39 is 29.6 Å². The molecule has 2 aromatic rings. The summed E-state index contributed by atoms with van der Waals surface area (Å²) in [5.41, 5.74) is 2.22. The third-order valence-corrected chi connectivity index (χ3v) is 5.66. The van der Waals surface area contributed by atoms with Crippen LogP contribution < -0.4 is 5.32 Å². The molecule has 2 atom stereocenters. The molecule has 0 radical (unpaired) electrons. The van der Waals surface area contributed by atoms with E-state index in [1.807, 2.05) is 32.9 Å². The van der Waals surface area contributed by atoms with Crippen molar-refractivity contribution in [2.45, 2.75) is 45.7 Å². The molecule has 1 amide bonds. The maximum atomic E-state index is 12.9. The molecule has 1 N–H and O–H groups in total. The predicted molar refractivity (Wildman–Crippen MR) is 107 cm³/mol. The zero-order chi connectivity index (χ0) is 23.1. The summed E-state index contributed by atoms with van der Waals surface area (Å²) in [4.78, 5) is 37.8. The third-order valence-electron chi connectivity index (χ3n) is 5.66. The number of alkyl halides is 3. The van der Waals surface area contributed by atoms with Gasteiger partial charge in [-0.3, -0.25) is 19.1 Å². The van der Waals surface area contributed by atoms with Crippen LogP contribution in [0, 0.1) is 26.7 Å². The number of aromatic nitrogens is 2. The Kier molecular flexibility index (Phi) is 6.07. The van der Waals surface area contributed by atoms with Crippen LogP contribution in [0.1, 0.15) is 57.2 Å². The summed E-state index contributed by atoms with van der Waals surface area (Å²) in [6.45, 7) is 5.78. The lowest BCUT2D eigenvalue weighted by Gasteiger charge is -2.16. The summed E-state index contributed by atoms with van der Waals surface area (Å²) in [6, 6.07) is 4.57. The predicted octanol–water partition coefficient (Wildman–Crippen LogP) is 3.43. The van der Waals surface area contributed by atoms with Crippen molar-refractivity contribution in [2.24, 2.45) is 13.0 Å². The number of aryl methyl sites for hydroxylation is 4. The number of hydrogen-bond donors (Lipinski definition) is 1. The van der Waals surface area contributed by atoms with Gasteiger partial charge in [-0.1, -0.05) is 17.7 Å². The number of hydrogen-bond acceptors (Lipinski definition) is 4. The molecule has 1 aliphatic rings. The monoisotopic (exact) mass is 435 g/mol. The number of carbonyl (C=O) groups excluding carboxylic acids is 3. The van der Waals surface area contributed by atoms with Crippen LogP contribution in [0.25, 0.3) is 0 Å². The first kappa shape index (κ1) is 22.7. The highest BCUT2D eigenvalue weighted by molar-refractivity contribution is 6.15. The lowest BCUT2D eigenvalue weighted by atomic mass is 9.86. The zero-order valence-electron chi connectivity index (χ0n) is 17.8. The van der Waals surface area contributed by atoms with Gasteiger partial charge in [-0.05, 0) is 43.9 Å². The average Bonchev–Trinajstić information content (AvgIpc) is 3.16. The highest BCUT2D eigenvalue weighted by Gasteiger charge is 2.43. The number of Topliss-reactive ketones (excluding diaryl/α,β-unsaturated/α-hetero) is 2. The smallest absolute Gasteiger partial charge is 0.351 e. The molecule has 0 spiro atoms. The summed E-state index contributed by atoms with van der Waals surface area (Å²) in [5.74, 6) is -2.36. The molecular formula is C22H24F3N3O3. The van der Waals surface area contributed by atoms with E-state index in [0.717, 1.165) is 26.9 Å². The number of nitrogens with zero attached hydrogens (tertiary/aromatic N) is 2. The highest BCUT2D eigenvalue weighted by Crippen LogP contribution is 2.37. The molecule has 6 nitrogen and oxygen atoms in total. The molecule has 31 heavy (non-hydrogen) atoms. The molecule has 0 saturated heterocycles. The Bertz CT molecular complexity index is 1030. The van der Waals surface area contributed by atoms with Crippen LogP contribution in [0.5, 0.6) is 0 Å². The van der Waals surface area contributed by atoms with Gasteiger partial charge in [0.2, 0.25) is 0 Å².